The summed E-state index contributed by atoms with van der Waals surface area (Å²) in [5.41, 5.74) is 2.45. The van der Waals surface area contributed by atoms with Gasteiger partial charge < -0.3 is 15.3 Å². The van der Waals surface area contributed by atoms with Crippen molar-refractivity contribution in [2.24, 2.45) is 11.8 Å². The average molecular weight is 533 g/mol. The molecule has 7 nitrogen and oxygen atoms in total. The fraction of sp³-hybridized carbons (Fsp3) is 0.536. The molecule has 4 rings (SSSR count). The van der Waals surface area contributed by atoms with Crippen molar-refractivity contribution in [2.75, 3.05) is 19.6 Å². The highest BCUT2D eigenvalue weighted by Gasteiger charge is 2.35. The number of aliphatic hydroxyl groups is 1. The van der Waals surface area contributed by atoms with Gasteiger partial charge in [-0.15, -0.1) is 0 Å². The molecule has 1 fully saturated rings. The van der Waals surface area contributed by atoms with Crippen LogP contribution < -0.4 is 5.32 Å². The van der Waals surface area contributed by atoms with Crippen LogP contribution in [0.25, 0.3) is 0 Å². The van der Waals surface area contributed by atoms with Crippen molar-refractivity contribution in [1.29, 1.82) is 0 Å². The van der Waals surface area contributed by atoms with Gasteiger partial charge in [-0.3, -0.25) is 19.5 Å². The van der Waals surface area contributed by atoms with E-state index in [0.29, 0.717) is 38.3 Å². The van der Waals surface area contributed by atoms with Crippen LogP contribution in [-0.2, 0) is 24.1 Å². The second-order valence-electron chi connectivity index (χ2n) is 10.7. The highest BCUT2D eigenvalue weighted by Crippen LogP contribution is 2.39. The van der Waals surface area contributed by atoms with Crippen molar-refractivity contribution < 1.29 is 27.9 Å². The lowest BCUT2D eigenvalue weighted by atomic mass is 9.96. The van der Waals surface area contributed by atoms with E-state index in [9.17, 15) is 27.9 Å². The van der Waals surface area contributed by atoms with E-state index >= 15 is 0 Å². The molecule has 0 bridgehead atoms. The Labute approximate surface area is 221 Å². The molecule has 2 aliphatic rings. The number of likely N-dealkylation sites (tertiary alicyclic amines) is 1. The van der Waals surface area contributed by atoms with Gasteiger partial charge in [0, 0.05) is 38.9 Å². The third-order valence-corrected chi connectivity index (χ3v) is 7.44. The van der Waals surface area contributed by atoms with Crippen molar-refractivity contribution in [3.8, 4) is 0 Å². The van der Waals surface area contributed by atoms with Crippen LogP contribution in [-0.4, -0.2) is 57.4 Å². The molecule has 2 amide bonds. The number of amides is 2. The Kier molecular flexibility index (Phi) is 8.42. The summed E-state index contributed by atoms with van der Waals surface area (Å²) in [6.07, 6.45) is -2.25. The third kappa shape index (κ3) is 6.35. The number of fused-ring (bicyclic) bond motifs is 1. The Bertz CT molecular complexity index is 1140. The van der Waals surface area contributed by atoms with Gasteiger partial charge in [-0.2, -0.15) is 13.2 Å². The van der Waals surface area contributed by atoms with E-state index in [1.165, 1.54) is 19.1 Å². The standard InChI is InChI=1S/C28H35F3N4O3/c1-17(2)25-24-22(16-35(25)15-20-4-6-23(7-5-20)28(29,30)31)12-21(14-32-24)26(37)33-13-19-8-10-34(11-9-19)27(38)18(3)36/h4-7,12,14,17-19,25,36H,8-11,13,15-16H2,1-3H3,(H,33,37)/t18?,25-/m0/s1. The smallest absolute Gasteiger partial charge is 0.384 e. The molecule has 206 valence electrons. The number of carbonyl (C=O) groups excluding carboxylic acids is 2. The number of benzene rings is 1. The van der Waals surface area contributed by atoms with Gasteiger partial charge in [-0.05, 0) is 60.9 Å². The summed E-state index contributed by atoms with van der Waals surface area (Å²) in [4.78, 5) is 33.3. The molecule has 1 aromatic heterocycles. The quantitative estimate of drug-likeness (QED) is 0.560. The molecule has 10 heteroatoms. The van der Waals surface area contributed by atoms with Crippen molar-refractivity contribution in [3.05, 3.63) is 64.5 Å². The zero-order valence-corrected chi connectivity index (χ0v) is 22.0. The van der Waals surface area contributed by atoms with Crippen LogP contribution in [0.4, 0.5) is 13.2 Å². The minimum Gasteiger partial charge on any atom is -0.384 e. The maximum absolute atomic E-state index is 12.9. The first kappa shape index (κ1) is 28.0. The Balaban J connectivity index is 1.37. The van der Waals surface area contributed by atoms with E-state index in [1.54, 1.807) is 11.1 Å². The minimum atomic E-state index is -4.36. The van der Waals surface area contributed by atoms with Gasteiger partial charge in [0.15, 0.2) is 0 Å². The number of carbonyl (C=O) groups is 2. The summed E-state index contributed by atoms with van der Waals surface area (Å²) in [6.45, 7) is 8.31. The molecule has 2 aromatic rings. The van der Waals surface area contributed by atoms with Crippen LogP contribution in [0.5, 0.6) is 0 Å². The highest BCUT2D eigenvalue weighted by molar-refractivity contribution is 5.94. The number of halogens is 3. The zero-order valence-electron chi connectivity index (χ0n) is 22.0. The maximum atomic E-state index is 12.9. The third-order valence-electron chi connectivity index (χ3n) is 7.44. The number of piperidine rings is 1. The molecule has 2 N–H and O–H groups in total. The largest absolute Gasteiger partial charge is 0.416 e. The second-order valence-corrected chi connectivity index (χ2v) is 10.7. The molecule has 3 heterocycles. The SMILES string of the molecule is CC(O)C(=O)N1CCC(CNC(=O)c2cnc3c(c2)CN(Cc2ccc(C(F)(F)F)cc2)[C@H]3C(C)C)CC1. The zero-order chi connectivity index (χ0) is 27.6. The first-order chi connectivity index (χ1) is 17.9. The van der Waals surface area contributed by atoms with Crippen LogP contribution in [0, 0.1) is 11.8 Å². The topological polar surface area (TPSA) is 85.8 Å². The van der Waals surface area contributed by atoms with E-state index in [4.69, 9.17) is 0 Å². The normalized spacial score (nSPS) is 19.5. The van der Waals surface area contributed by atoms with Crippen molar-refractivity contribution >= 4 is 11.8 Å². The van der Waals surface area contributed by atoms with Crippen LogP contribution in [0.2, 0.25) is 0 Å². The van der Waals surface area contributed by atoms with Crippen molar-refractivity contribution in [3.63, 3.8) is 0 Å². The van der Waals surface area contributed by atoms with Gasteiger partial charge in [-0.25, -0.2) is 0 Å². The summed E-state index contributed by atoms with van der Waals surface area (Å²) in [5.74, 6) is 0.0159. The van der Waals surface area contributed by atoms with E-state index in [1.807, 2.05) is 6.07 Å². The molecule has 1 unspecified atom stereocenters. The Hall–Kier alpha value is -2.98. The number of nitrogens with zero attached hydrogens (tertiary/aromatic N) is 3. The first-order valence-corrected chi connectivity index (χ1v) is 13.1. The minimum absolute atomic E-state index is 0.000983. The predicted octanol–water partition coefficient (Wildman–Crippen LogP) is 4.16. The number of pyridine rings is 1. The molecule has 0 radical (unpaired) electrons. The van der Waals surface area contributed by atoms with E-state index in [2.05, 4.69) is 29.0 Å². The van der Waals surface area contributed by atoms with Crippen molar-refractivity contribution in [1.82, 2.24) is 20.1 Å². The fourth-order valence-corrected chi connectivity index (χ4v) is 5.41. The lowest BCUT2D eigenvalue weighted by molar-refractivity contribution is -0.140. The van der Waals surface area contributed by atoms with Crippen LogP contribution in [0.1, 0.15) is 72.4 Å². The molecule has 1 saturated heterocycles. The second kappa shape index (κ2) is 11.4. The van der Waals surface area contributed by atoms with E-state index in [0.717, 1.165) is 41.8 Å². The lowest BCUT2D eigenvalue weighted by Gasteiger charge is -2.32. The first-order valence-electron chi connectivity index (χ1n) is 13.1. The van der Waals surface area contributed by atoms with Gasteiger partial charge >= 0.3 is 6.18 Å². The fourth-order valence-electron chi connectivity index (χ4n) is 5.41. The van der Waals surface area contributed by atoms with E-state index in [-0.39, 0.29) is 29.7 Å². The summed E-state index contributed by atoms with van der Waals surface area (Å²) in [7, 11) is 0. The molecule has 1 aromatic carbocycles. The average Bonchev–Trinajstić information content (AvgIpc) is 3.24. The van der Waals surface area contributed by atoms with Gasteiger partial charge in [-0.1, -0.05) is 26.0 Å². The van der Waals surface area contributed by atoms with Gasteiger partial charge in [0.25, 0.3) is 11.8 Å². The summed E-state index contributed by atoms with van der Waals surface area (Å²) >= 11 is 0. The molecule has 2 atom stereocenters. The molecule has 2 aliphatic heterocycles. The number of aliphatic hydroxyl groups excluding tert-OH is 1. The number of nitrogens with one attached hydrogen (secondary N) is 1. The van der Waals surface area contributed by atoms with Crippen molar-refractivity contribution in [2.45, 2.75) is 65.0 Å². The summed E-state index contributed by atoms with van der Waals surface area (Å²) in [6, 6.07) is 7.11. The molecular formula is C28H35F3N4O3. The van der Waals surface area contributed by atoms with Gasteiger partial charge in [0.1, 0.15) is 6.10 Å². The van der Waals surface area contributed by atoms with Gasteiger partial charge in [0.05, 0.1) is 22.9 Å². The van der Waals surface area contributed by atoms with Crippen LogP contribution in [0.15, 0.2) is 36.5 Å². The number of hydrogen-bond acceptors (Lipinski definition) is 5. The Morgan fingerprint density at radius 2 is 1.79 bits per heavy atom. The molecule has 0 spiro atoms. The van der Waals surface area contributed by atoms with E-state index < -0.39 is 17.8 Å². The number of rotatable bonds is 7. The Morgan fingerprint density at radius 1 is 1.13 bits per heavy atom. The number of aromatic nitrogens is 1. The van der Waals surface area contributed by atoms with Crippen LogP contribution in [0.3, 0.4) is 0 Å². The van der Waals surface area contributed by atoms with Crippen LogP contribution >= 0.6 is 0 Å². The highest BCUT2D eigenvalue weighted by atomic mass is 19.4. The lowest BCUT2D eigenvalue weighted by Crippen LogP contribution is -2.44. The number of hydrogen-bond donors (Lipinski definition) is 2. The molecule has 0 saturated carbocycles. The summed E-state index contributed by atoms with van der Waals surface area (Å²) in [5, 5.41) is 12.5. The predicted molar refractivity (Wildman–Crippen MR) is 136 cm³/mol. The summed E-state index contributed by atoms with van der Waals surface area (Å²) < 4.78 is 38.8. The Morgan fingerprint density at radius 3 is 2.37 bits per heavy atom. The maximum Gasteiger partial charge on any atom is 0.416 e. The monoisotopic (exact) mass is 532 g/mol. The molecule has 0 aliphatic carbocycles. The number of alkyl halides is 3. The molecule has 38 heavy (non-hydrogen) atoms. The van der Waals surface area contributed by atoms with Gasteiger partial charge in [0.2, 0.25) is 0 Å². The molecular weight excluding hydrogens is 497 g/mol.